The number of aromatic nitrogens is 2. The van der Waals surface area contributed by atoms with E-state index in [4.69, 9.17) is 15.1 Å². The number of aliphatic hydroxyl groups is 1. The summed E-state index contributed by atoms with van der Waals surface area (Å²) in [4.78, 5) is 7.80. The van der Waals surface area contributed by atoms with Crippen LogP contribution < -0.4 is 4.74 Å². The first kappa shape index (κ1) is 9.87. The molecule has 1 aromatic heterocycles. The fourth-order valence-electron chi connectivity index (χ4n) is 1.57. The number of nitrogens with zero attached hydrogens (tertiary/aromatic N) is 3. The van der Waals surface area contributed by atoms with Crippen LogP contribution in [0, 0.1) is 17.2 Å². The van der Waals surface area contributed by atoms with Crippen molar-refractivity contribution >= 4 is 0 Å². The summed E-state index contributed by atoms with van der Waals surface area (Å²) in [6.45, 7) is 0.200. The second kappa shape index (κ2) is 4.24. The minimum absolute atomic E-state index is 0.0611. The molecule has 5 heteroatoms. The van der Waals surface area contributed by atoms with Crippen molar-refractivity contribution in [3.05, 3.63) is 18.1 Å². The number of hydrogen-bond acceptors (Lipinski definition) is 5. The Morgan fingerprint density at radius 2 is 2.20 bits per heavy atom. The van der Waals surface area contributed by atoms with Gasteiger partial charge in [0.05, 0.1) is 0 Å². The lowest BCUT2D eigenvalue weighted by Gasteiger charge is -2.33. The van der Waals surface area contributed by atoms with Crippen LogP contribution in [-0.2, 0) is 0 Å². The van der Waals surface area contributed by atoms with Gasteiger partial charge in [-0.25, -0.2) is 9.97 Å². The number of hydrogen-bond donors (Lipinski definition) is 1. The lowest BCUT2D eigenvalue weighted by atomic mass is 9.83. The van der Waals surface area contributed by atoms with Gasteiger partial charge < -0.3 is 9.84 Å². The molecule has 0 unspecified atom stereocenters. The van der Waals surface area contributed by atoms with Crippen molar-refractivity contribution < 1.29 is 9.84 Å². The standard InChI is InChI=1S/C10H11N3O2/c11-5-9-10(13-2-1-12-9)15-8-3-7(4-8)6-14/h1-2,7-8,14H,3-4,6H2. The maximum atomic E-state index is 8.83. The third-order valence-electron chi connectivity index (χ3n) is 2.50. The van der Waals surface area contributed by atoms with Gasteiger partial charge in [0.2, 0.25) is 5.69 Å². The highest BCUT2D eigenvalue weighted by Gasteiger charge is 2.31. The Labute approximate surface area is 87.4 Å². The van der Waals surface area contributed by atoms with Gasteiger partial charge in [-0.05, 0) is 18.8 Å². The molecule has 1 aromatic rings. The van der Waals surface area contributed by atoms with E-state index in [1.165, 1.54) is 12.4 Å². The van der Waals surface area contributed by atoms with Gasteiger partial charge in [-0.1, -0.05) is 0 Å². The summed E-state index contributed by atoms with van der Waals surface area (Å²) in [6, 6.07) is 1.93. The molecule has 0 aromatic carbocycles. The summed E-state index contributed by atoms with van der Waals surface area (Å²) in [6.07, 6.45) is 4.66. The first-order valence-corrected chi connectivity index (χ1v) is 4.82. The molecule has 0 atom stereocenters. The monoisotopic (exact) mass is 205 g/mol. The van der Waals surface area contributed by atoms with Gasteiger partial charge in [-0.3, -0.25) is 0 Å². The lowest BCUT2D eigenvalue weighted by Crippen LogP contribution is -2.36. The SMILES string of the molecule is N#Cc1nccnc1OC1CC(CO)C1. The summed E-state index contributed by atoms with van der Waals surface area (Å²) < 4.78 is 5.50. The highest BCUT2D eigenvalue weighted by atomic mass is 16.5. The van der Waals surface area contributed by atoms with Crippen molar-refractivity contribution in [1.82, 2.24) is 9.97 Å². The van der Waals surface area contributed by atoms with Gasteiger partial charge in [0.15, 0.2) is 0 Å². The first-order chi connectivity index (χ1) is 7.33. The smallest absolute Gasteiger partial charge is 0.251 e. The van der Waals surface area contributed by atoms with Crippen LogP contribution in [0.1, 0.15) is 18.5 Å². The van der Waals surface area contributed by atoms with Crippen LogP contribution in [0.2, 0.25) is 0 Å². The molecule has 2 rings (SSSR count). The second-order valence-electron chi connectivity index (χ2n) is 3.58. The van der Waals surface area contributed by atoms with E-state index in [1.54, 1.807) is 0 Å². The van der Waals surface area contributed by atoms with Gasteiger partial charge in [0.1, 0.15) is 12.2 Å². The van der Waals surface area contributed by atoms with Crippen molar-refractivity contribution in [1.29, 1.82) is 5.26 Å². The summed E-state index contributed by atoms with van der Waals surface area (Å²) in [7, 11) is 0. The van der Waals surface area contributed by atoms with E-state index in [0.29, 0.717) is 11.8 Å². The maximum absolute atomic E-state index is 8.83. The minimum atomic E-state index is 0.0611. The molecule has 0 bridgehead atoms. The summed E-state index contributed by atoms with van der Waals surface area (Å²) in [5, 5.41) is 17.6. The Balaban J connectivity index is 1.97. The number of nitriles is 1. The zero-order valence-corrected chi connectivity index (χ0v) is 8.13. The summed E-state index contributed by atoms with van der Waals surface area (Å²) in [5.74, 6) is 0.624. The molecule has 1 N–H and O–H groups in total. The van der Waals surface area contributed by atoms with Crippen LogP contribution in [0.4, 0.5) is 0 Å². The largest absolute Gasteiger partial charge is 0.472 e. The Bertz CT molecular complexity index is 382. The van der Waals surface area contributed by atoms with Crippen molar-refractivity contribution in [2.45, 2.75) is 18.9 Å². The molecule has 0 radical (unpaired) electrons. The molecule has 1 aliphatic carbocycles. The molecule has 78 valence electrons. The maximum Gasteiger partial charge on any atom is 0.251 e. The fourth-order valence-corrected chi connectivity index (χ4v) is 1.57. The lowest BCUT2D eigenvalue weighted by molar-refractivity contribution is 0.0291. The average molecular weight is 205 g/mol. The molecule has 1 saturated carbocycles. The molecular formula is C10H11N3O2. The summed E-state index contributed by atoms with van der Waals surface area (Å²) in [5.41, 5.74) is 0.213. The highest BCUT2D eigenvalue weighted by Crippen LogP contribution is 2.30. The zero-order valence-electron chi connectivity index (χ0n) is 8.13. The molecular weight excluding hydrogens is 194 g/mol. The van der Waals surface area contributed by atoms with Crippen LogP contribution in [0.3, 0.4) is 0 Å². The summed E-state index contributed by atoms with van der Waals surface area (Å²) >= 11 is 0. The van der Waals surface area contributed by atoms with Crippen molar-refractivity contribution in [2.75, 3.05) is 6.61 Å². The van der Waals surface area contributed by atoms with E-state index < -0.39 is 0 Å². The molecule has 0 aliphatic heterocycles. The molecule has 0 amide bonds. The quantitative estimate of drug-likeness (QED) is 0.777. The van der Waals surface area contributed by atoms with Crippen LogP contribution in [0.15, 0.2) is 12.4 Å². The topological polar surface area (TPSA) is 79.0 Å². The van der Waals surface area contributed by atoms with Gasteiger partial charge in [-0.2, -0.15) is 5.26 Å². The third-order valence-corrected chi connectivity index (χ3v) is 2.50. The highest BCUT2D eigenvalue weighted by molar-refractivity contribution is 5.30. The molecule has 0 spiro atoms. The van der Waals surface area contributed by atoms with E-state index in [1.807, 2.05) is 6.07 Å². The van der Waals surface area contributed by atoms with Crippen LogP contribution >= 0.6 is 0 Å². The normalized spacial score (nSPS) is 24.0. The van der Waals surface area contributed by atoms with Crippen molar-refractivity contribution in [2.24, 2.45) is 5.92 Å². The van der Waals surface area contributed by atoms with E-state index in [9.17, 15) is 0 Å². The number of aliphatic hydroxyl groups excluding tert-OH is 1. The predicted octanol–water partition coefficient (Wildman–Crippen LogP) is 0.498. The zero-order chi connectivity index (χ0) is 10.7. The molecule has 1 heterocycles. The van der Waals surface area contributed by atoms with E-state index in [2.05, 4.69) is 9.97 Å². The second-order valence-corrected chi connectivity index (χ2v) is 3.58. The Morgan fingerprint density at radius 1 is 1.47 bits per heavy atom. The van der Waals surface area contributed by atoms with Crippen LogP contribution in [0.5, 0.6) is 5.88 Å². The first-order valence-electron chi connectivity index (χ1n) is 4.82. The van der Waals surface area contributed by atoms with Crippen molar-refractivity contribution in [3.8, 4) is 11.9 Å². The number of ether oxygens (including phenoxy) is 1. The fraction of sp³-hybridized carbons (Fsp3) is 0.500. The molecule has 15 heavy (non-hydrogen) atoms. The molecule has 0 saturated heterocycles. The Kier molecular flexibility index (Phi) is 2.79. The number of rotatable bonds is 3. The van der Waals surface area contributed by atoms with Crippen LogP contribution in [-0.4, -0.2) is 27.8 Å². The van der Waals surface area contributed by atoms with Gasteiger partial charge in [-0.15, -0.1) is 0 Å². The van der Waals surface area contributed by atoms with Gasteiger partial charge in [0.25, 0.3) is 5.88 Å². The van der Waals surface area contributed by atoms with E-state index in [-0.39, 0.29) is 18.4 Å². The van der Waals surface area contributed by atoms with Gasteiger partial charge >= 0.3 is 0 Å². The Morgan fingerprint density at radius 3 is 2.87 bits per heavy atom. The molecule has 1 aliphatic rings. The predicted molar refractivity (Wildman–Crippen MR) is 51.0 cm³/mol. The van der Waals surface area contributed by atoms with Crippen LogP contribution in [0.25, 0.3) is 0 Å². The van der Waals surface area contributed by atoms with Gasteiger partial charge in [0, 0.05) is 19.0 Å². The third kappa shape index (κ3) is 2.05. The Hall–Kier alpha value is -1.67. The molecule has 5 nitrogen and oxygen atoms in total. The van der Waals surface area contributed by atoms with E-state index >= 15 is 0 Å². The minimum Gasteiger partial charge on any atom is -0.472 e. The average Bonchev–Trinajstić information content (AvgIpc) is 2.23. The van der Waals surface area contributed by atoms with E-state index in [0.717, 1.165) is 12.8 Å². The van der Waals surface area contributed by atoms with Crippen molar-refractivity contribution in [3.63, 3.8) is 0 Å². The molecule has 1 fully saturated rings.